The van der Waals surface area contributed by atoms with Gasteiger partial charge in [0.05, 0.1) is 58.7 Å². The number of rotatable bonds is 11. The van der Waals surface area contributed by atoms with Gasteiger partial charge in [0.2, 0.25) is 11.8 Å². The number of aliphatic carboxylic acids is 1. The number of amides is 6. The van der Waals surface area contributed by atoms with Gasteiger partial charge in [-0.25, -0.2) is 39.7 Å². The Labute approximate surface area is 509 Å². The number of carbonyl (C=O) groups is 7. The number of carboxylic acid groups (broad SMARTS) is 1. The lowest BCUT2D eigenvalue weighted by atomic mass is 9.87. The summed E-state index contributed by atoms with van der Waals surface area (Å²) in [4.78, 5) is 129. The maximum atomic E-state index is 14.3. The highest BCUT2D eigenvalue weighted by atomic mass is 32.1. The van der Waals surface area contributed by atoms with Gasteiger partial charge in [0.15, 0.2) is 0 Å². The number of hydrogen-bond acceptors (Lipinski definition) is 23. The van der Waals surface area contributed by atoms with E-state index in [0.717, 1.165) is 11.3 Å². The number of fused-ring (bicyclic) bond motifs is 14. The first-order chi connectivity index (χ1) is 40.9. The third-order valence-electron chi connectivity index (χ3n) is 13.8. The zero-order valence-corrected chi connectivity index (χ0v) is 50.9. The van der Waals surface area contributed by atoms with Crippen LogP contribution in [0.5, 0.6) is 0 Å². The second-order valence-corrected chi connectivity index (χ2v) is 26.0. The molecule has 8 heterocycles. The van der Waals surface area contributed by atoms with Gasteiger partial charge < -0.3 is 46.3 Å². The number of carboxylic acids is 1. The van der Waals surface area contributed by atoms with Gasteiger partial charge in [-0.05, 0) is 56.2 Å². The number of nitrogens with one attached hydrogen (secondary N) is 6. The van der Waals surface area contributed by atoms with E-state index in [1.165, 1.54) is 70.8 Å². The number of aromatic nitrogens is 7. The van der Waals surface area contributed by atoms with Crippen molar-refractivity contribution in [2.75, 3.05) is 26.0 Å². The van der Waals surface area contributed by atoms with Crippen LogP contribution < -0.4 is 31.9 Å². The number of carbonyl (C=O) groups excluding carboxylic acids is 6. The minimum absolute atomic E-state index is 0.00207. The number of nitrogens with zero attached hydrogens (tertiary/aromatic N) is 7. The number of methoxy groups -OCH3 is 1. The number of aliphatic hydroxyl groups excluding tert-OH is 1. The third-order valence-corrected chi connectivity index (χ3v) is 19.7. The molecule has 24 nitrogen and oxygen atoms in total. The van der Waals surface area contributed by atoms with E-state index in [2.05, 4.69) is 41.9 Å². The van der Waals surface area contributed by atoms with Gasteiger partial charge in [-0.2, -0.15) is 0 Å². The molecule has 10 bridgehead atoms. The lowest BCUT2D eigenvalue weighted by Gasteiger charge is -2.25. The molecule has 30 heteroatoms. The molecule has 0 spiro atoms. The third kappa shape index (κ3) is 14.0. The van der Waals surface area contributed by atoms with Gasteiger partial charge in [-0.1, -0.05) is 44.2 Å². The summed E-state index contributed by atoms with van der Waals surface area (Å²) >= 11 is 7.12. The molecule has 10 rings (SSSR count). The van der Waals surface area contributed by atoms with Gasteiger partial charge in [-0.3, -0.25) is 34.1 Å². The summed E-state index contributed by atoms with van der Waals surface area (Å²) in [6.07, 6.45) is 0.618. The Bertz CT molecular complexity index is 3790. The largest absolute Gasteiger partial charge is 0.481 e. The summed E-state index contributed by atoms with van der Waals surface area (Å²) in [6.45, 7) is 4.94. The standard InChI is InChI=1S/C55H55N13O11S6/c1-24(2)39-53-68-42(35(85-53)20-78-5)46(73)57-19-38(70)65-43(44(71)26-9-7-6-8-10-26)52-62-33(22-81-52)49-58-18-34(84-49)41-29(15-16-30(59-41)50-63-36(23-82-50)64-55(77)79-28-13-11-27(12-14-28)54(75)76)48-61-32(21-80-48)45(72)60-31(17-37(69)56-4)51-67-40(25(3)83-51)47(74)66-39/h6-10,15-16,18,21-24,27-28,31,39,43-44,71H,11-14,17,19-20H2,1-5H3,(H,56,69)(H,57,73)(H,60,72)(H,64,77)(H,65,70)(H,66,74)(H,75,76)/t27?,28?,31-,39-,43-,44-/m0/s1. The number of hydrogen-bond donors (Lipinski definition) is 8. The van der Waals surface area contributed by atoms with Crippen LogP contribution in [0.2, 0.25) is 0 Å². The van der Waals surface area contributed by atoms with Crippen molar-refractivity contribution in [1.82, 2.24) is 61.5 Å². The van der Waals surface area contributed by atoms with E-state index < -0.39 is 84.4 Å². The quantitative estimate of drug-likeness (QED) is 0.0601. The van der Waals surface area contributed by atoms with E-state index in [1.807, 2.05) is 13.8 Å². The van der Waals surface area contributed by atoms with Gasteiger partial charge in [-0.15, -0.1) is 68.0 Å². The molecule has 8 N–H and O–H groups in total. The highest BCUT2D eigenvalue weighted by molar-refractivity contribution is 7.19. The lowest BCUT2D eigenvalue weighted by molar-refractivity contribution is -0.143. The Morgan fingerprint density at radius 3 is 2.22 bits per heavy atom. The molecular weight excluding hydrogens is 1210 g/mol. The molecule has 85 heavy (non-hydrogen) atoms. The molecule has 1 saturated carbocycles. The Hall–Kier alpha value is -7.84. The molecule has 8 aromatic rings. The summed E-state index contributed by atoms with van der Waals surface area (Å²) in [7, 11) is 2.93. The maximum absolute atomic E-state index is 14.3. The van der Waals surface area contributed by atoms with E-state index in [4.69, 9.17) is 34.4 Å². The van der Waals surface area contributed by atoms with Crippen LogP contribution in [0.4, 0.5) is 10.6 Å². The van der Waals surface area contributed by atoms with Crippen LogP contribution in [0.3, 0.4) is 0 Å². The molecule has 6 amide bonds. The van der Waals surface area contributed by atoms with Crippen molar-refractivity contribution in [3.8, 4) is 42.5 Å². The van der Waals surface area contributed by atoms with Crippen molar-refractivity contribution < 1.29 is 53.2 Å². The van der Waals surface area contributed by atoms with Gasteiger partial charge >= 0.3 is 12.1 Å². The average Bonchev–Trinajstić information content (AvgIpc) is 4.56. The molecule has 0 radical (unpaired) electrons. The van der Waals surface area contributed by atoms with Crippen LogP contribution in [0.15, 0.2) is 64.8 Å². The molecule has 1 aromatic carbocycles. The van der Waals surface area contributed by atoms with Crippen LogP contribution in [-0.4, -0.2) is 114 Å². The minimum Gasteiger partial charge on any atom is -0.481 e. The Morgan fingerprint density at radius 1 is 0.729 bits per heavy atom. The second kappa shape index (κ2) is 26.6. The average molecular weight is 1270 g/mol. The fourth-order valence-electron chi connectivity index (χ4n) is 9.35. The molecular formula is C55H55N13O11S6. The minimum atomic E-state index is -1.28. The SMILES string of the molecule is CNC(=O)C[C@@H]1NC(=O)c2csc(n2)-c2ccc(-c3nc(NC(=O)OC4CCC(C(=O)O)CC4)cs3)nc2-c2cnc(s2)-c2csc(n2)[C@H]([C@@H](O)c2ccccc2)NC(=O)CNC(=O)c2nc(sc2COC)[C@H](C(C)C)NC(=O)c2nc1sc2C. The molecule has 0 saturated heterocycles. The number of ether oxygens (including phenoxy) is 2. The smallest absolute Gasteiger partial charge is 0.413 e. The van der Waals surface area contributed by atoms with Gasteiger partial charge in [0.25, 0.3) is 17.7 Å². The van der Waals surface area contributed by atoms with Crippen molar-refractivity contribution in [2.45, 2.75) is 89.8 Å². The number of benzene rings is 1. The Morgan fingerprint density at radius 2 is 1.48 bits per heavy atom. The molecule has 1 fully saturated rings. The van der Waals surface area contributed by atoms with Crippen LogP contribution in [-0.2, 0) is 30.5 Å². The zero-order valence-electron chi connectivity index (χ0n) is 46.0. The van der Waals surface area contributed by atoms with Crippen molar-refractivity contribution in [2.24, 2.45) is 11.8 Å². The summed E-state index contributed by atoms with van der Waals surface area (Å²) in [5.41, 5.74) is 2.32. The number of anilines is 1. The first-order valence-corrected chi connectivity index (χ1v) is 31.7. The highest BCUT2D eigenvalue weighted by Gasteiger charge is 2.34. The molecule has 4 atom stereocenters. The van der Waals surface area contributed by atoms with Gasteiger partial charge in [0.1, 0.15) is 76.9 Å². The lowest BCUT2D eigenvalue weighted by Crippen LogP contribution is -2.40. The normalized spacial score (nSPS) is 19.0. The van der Waals surface area contributed by atoms with Crippen LogP contribution >= 0.6 is 68.0 Å². The molecule has 7 aromatic heterocycles. The molecule has 2 aliphatic rings. The number of thiazole rings is 6. The van der Waals surface area contributed by atoms with E-state index >= 15 is 0 Å². The predicted octanol–water partition coefficient (Wildman–Crippen LogP) is 8.50. The van der Waals surface area contributed by atoms with E-state index in [9.17, 15) is 43.8 Å². The van der Waals surface area contributed by atoms with Gasteiger partial charge in [0, 0.05) is 46.9 Å². The van der Waals surface area contributed by atoms with Crippen molar-refractivity contribution >= 4 is 115 Å². The summed E-state index contributed by atoms with van der Waals surface area (Å²) in [6, 6.07) is 9.45. The number of pyridine rings is 1. The number of aryl methyl sites for hydroxylation is 1. The summed E-state index contributed by atoms with van der Waals surface area (Å²) in [5.74, 6) is -4.28. The van der Waals surface area contributed by atoms with Crippen molar-refractivity contribution in [3.05, 3.63) is 112 Å². The fourth-order valence-corrected chi connectivity index (χ4v) is 15.0. The number of aliphatic hydroxyl groups is 1. The van der Waals surface area contributed by atoms with E-state index in [1.54, 1.807) is 71.7 Å². The van der Waals surface area contributed by atoms with Crippen LogP contribution in [0, 0.1) is 18.8 Å². The van der Waals surface area contributed by atoms with E-state index in [-0.39, 0.29) is 46.9 Å². The Kier molecular flexibility index (Phi) is 18.9. The van der Waals surface area contributed by atoms with Crippen molar-refractivity contribution in [3.63, 3.8) is 0 Å². The zero-order chi connectivity index (χ0) is 60.1. The topological polar surface area (TPSA) is 341 Å². The first kappa shape index (κ1) is 60.3. The summed E-state index contributed by atoms with van der Waals surface area (Å²) in [5, 5.41) is 45.3. The van der Waals surface area contributed by atoms with Crippen molar-refractivity contribution in [1.29, 1.82) is 0 Å². The molecule has 0 unspecified atom stereocenters. The Balaban J connectivity index is 1.02. The summed E-state index contributed by atoms with van der Waals surface area (Å²) < 4.78 is 11.1. The monoisotopic (exact) mass is 1270 g/mol. The molecule has 442 valence electrons. The molecule has 1 aliphatic carbocycles. The van der Waals surface area contributed by atoms with E-state index in [0.29, 0.717) is 93.6 Å². The maximum Gasteiger partial charge on any atom is 0.413 e. The highest BCUT2D eigenvalue weighted by Crippen LogP contribution is 2.42. The van der Waals surface area contributed by atoms with Crippen LogP contribution in [0.1, 0.15) is 132 Å². The second-order valence-electron chi connectivity index (χ2n) is 20.0. The van der Waals surface area contributed by atoms with Crippen LogP contribution in [0.25, 0.3) is 42.5 Å². The fraction of sp³-hybridized carbons (Fsp3) is 0.345. The first-order valence-electron chi connectivity index (χ1n) is 26.6. The predicted molar refractivity (Wildman–Crippen MR) is 320 cm³/mol. The molecule has 1 aliphatic heterocycles.